The number of aromatic nitrogens is 4. The summed E-state index contributed by atoms with van der Waals surface area (Å²) in [5, 5.41) is 10.1. The van der Waals surface area contributed by atoms with E-state index in [-0.39, 0.29) is 16.9 Å². The molecule has 2 aromatic heterocycles. The van der Waals surface area contributed by atoms with Gasteiger partial charge in [0.25, 0.3) is 5.56 Å². The van der Waals surface area contributed by atoms with E-state index < -0.39 is 6.03 Å². The molecule has 34 heavy (non-hydrogen) atoms. The lowest BCUT2D eigenvalue weighted by atomic mass is 9.92. The van der Waals surface area contributed by atoms with Gasteiger partial charge < -0.3 is 19.5 Å². The molecule has 11 heteroatoms. The van der Waals surface area contributed by atoms with E-state index in [1.807, 2.05) is 20.8 Å². The quantitative estimate of drug-likeness (QED) is 0.502. The molecule has 0 fully saturated rings. The zero-order chi connectivity index (χ0) is 25.2. The highest BCUT2D eigenvalue weighted by molar-refractivity contribution is 5.99. The van der Waals surface area contributed by atoms with Gasteiger partial charge in [0.15, 0.2) is 11.5 Å². The summed E-state index contributed by atoms with van der Waals surface area (Å²) in [7, 11) is 4.48. The minimum absolute atomic E-state index is 0.201. The van der Waals surface area contributed by atoms with Crippen LogP contribution < -0.4 is 30.4 Å². The Bertz CT molecular complexity index is 1250. The Kier molecular flexibility index (Phi) is 6.85. The fourth-order valence-corrected chi connectivity index (χ4v) is 3.16. The van der Waals surface area contributed by atoms with E-state index in [0.29, 0.717) is 45.7 Å². The number of aromatic amines is 1. The number of nitrogens with zero attached hydrogens (tertiary/aromatic N) is 3. The molecular formula is C23H30N6O5. The normalized spacial score (nSPS) is 11.2. The first kappa shape index (κ1) is 24.6. The predicted octanol–water partition coefficient (Wildman–Crippen LogP) is 3.54. The Labute approximate surface area is 197 Å². The molecule has 0 aliphatic carbocycles. The van der Waals surface area contributed by atoms with Gasteiger partial charge in [-0.15, -0.1) is 0 Å². The van der Waals surface area contributed by atoms with Gasteiger partial charge >= 0.3 is 6.03 Å². The third-order valence-electron chi connectivity index (χ3n) is 5.22. The van der Waals surface area contributed by atoms with Gasteiger partial charge in [-0.05, 0) is 13.8 Å². The molecule has 182 valence electrons. The van der Waals surface area contributed by atoms with Crippen LogP contribution in [0, 0.1) is 13.8 Å². The first-order valence-electron chi connectivity index (χ1n) is 10.5. The van der Waals surface area contributed by atoms with Crippen molar-refractivity contribution in [1.82, 2.24) is 19.7 Å². The number of carbonyl (C=O) groups excluding carboxylic acids is 1. The van der Waals surface area contributed by atoms with Gasteiger partial charge in [0.05, 0.1) is 32.7 Å². The minimum atomic E-state index is -0.540. The van der Waals surface area contributed by atoms with Crippen LogP contribution in [0.3, 0.4) is 0 Å². The second-order valence-electron chi connectivity index (χ2n) is 8.67. The van der Waals surface area contributed by atoms with Gasteiger partial charge in [0.1, 0.15) is 5.82 Å². The molecule has 0 aliphatic rings. The minimum Gasteiger partial charge on any atom is -0.493 e. The molecule has 3 aromatic rings. The number of H-pyrrole nitrogens is 1. The number of anilines is 2. The number of rotatable bonds is 6. The van der Waals surface area contributed by atoms with Crippen molar-refractivity contribution in [3.05, 3.63) is 45.5 Å². The first-order chi connectivity index (χ1) is 16.0. The van der Waals surface area contributed by atoms with E-state index in [9.17, 15) is 9.59 Å². The zero-order valence-corrected chi connectivity index (χ0v) is 20.6. The molecule has 0 unspecified atom stereocenters. The van der Waals surface area contributed by atoms with Crippen molar-refractivity contribution in [3.8, 4) is 23.2 Å². The largest absolute Gasteiger partial charge is 0.493 e. The number of methoxy groups -OCH3 is 3. The second kappa shape index (κ2) is 9.46. The maximum Gasteiger partial charge on any atom is 0.324 e. The van der Waals surface area contributed by atoms with E-state index in [1.165, 1.54) is 26.0 Å². The van der Waals surface area contributed by atoms with Gasteiger partial charge in [-0.3, -0.25) is 15.1 Å². The van der Waals surface area contributed by atoms with Crippen molar-refractivity contribution in [1.29, 1.82) is 0 Å². The van der Waals surface area contributed by atoms with Gasteiger partial charge in [0.2, 0.25) is 11.7 Å². The number of carbonyl (C=O) groups is 1. The number of benzene rings is 1. The summed E-state index contributed by atoms with van der Waals surface area (Å²) in [5.41, 5.74) is 1.63. The average molecular weight is 471 g/mol. The molecule has 0 radical (unpaired) electrons. The maximum atomic E-state index is 12.9. The third-order valence-corrected chi connectivity index (χ3v) is 5.22. The molecule has 2 heterocycles. The van der Waals surface area contributed by atoms with Gasteiger partial charge in [-0.1, -0.05) is 20.8 Å². The van der Waals surface area contributed by atoms with Crippen LogP contribution in [-0.2, 0) is 5.41 Å². The molecule has 3 N–H and O–H groups in total. The SMILES string of the molecule is COc1cc(NC(=O)Nc2cc(C(C)(C)C)nn2-c2nc(C)c(C)c(=O)[nH]2)cc(OC)c1OC. The van der Waals surface area contributed by atoms with Crippen molar-refractivity contribution in [2.45, 2.75) is 40.0 Å². The van der Waals surface area contributed by atoms with Crippen molar-refractivity contribution >= 4 is 17.5 Å². The topological polar surface area (TPSA) is 132 Å². The van der Waals surface area contributed by atoms with Crippen molar-refractivity contribution in [2.75, 3.05) is 32.0 Å². The summed E-state index contributed by atoms with van der Waals surface area (Å²) in [6, 6.07) is 4.42. The Morgan fingerprint density at radius 2 is 1.62 bits per heavy atom. The Morgan fingerprint density at radius 1 is 1.00 bits per heavy atom. The molecule has 11 nitrogen and oxygen atoms in total. The van der Waals surface area contributed by atoms with Crippen LogP contribution in [0.1, 0.15) is 37.7 Å². The fourth-order valence-electron chi connectivity index (χ4n) is 3.16. The van der Waals surface area contributed by atoms with Crippen LogP contribution in [0.4, 0.5) is 16.3 Å². The van der Waals surface area contributed by atoms with Crippen molar-refractivity contribution < 1.29 is 19.0 Å². The number of hydrogen-bond acceptors (Lipinski definition) is 7. The summed E-state index contributed by atoms with van der Waals surface area (Å²) in [6.45, 7) is 9.42. The van der Waals surface area contributed by atoms with E-state index in [1.54, 1.807) is 32.0 Å². The molecule has 0 aliphatic heterocycles. The highest BCUT2D eigenvalue weighted by Gasteiger charge is 2.23. The molecule has 2 amide bonds. The third kappa shape index (κ3) is 4.98. The van der Waals surface area contributed by atoms with Crippen LogP contribution in [0.25, 0.3) is 5.95 Å². The monoisotopic (exact) mass is 470 g/mol. The van der Waals surface area contributed by atoms with Crippen molar-refractivity contribution in [3.63, 3.8) is 0 Å². The highest BCUT2D eigenvalue weighted by Crippen LogP contribution is 2.40. The number of ether oxygens (including phenoxy) is 3. The van der Waals surface area contributed by atoms with E-state index in [2.05, 4.69) is 25.7 Å². The predicted molar refractivity (Wildman–Crippen MR) is 129 cm³/mol. The zero-order valence-electron chi connectivity index (χ0n) is 20.6. The summed E-state index contributed by atoms with van der Waals surface area (Å²) in [4.78, 5) is 32.4. The molecule has 0 saturated heterocycles. The second-order valence-corrected chi connectivity index (χ2v) is 8.67. The average Bonchev–Trinajstić information content (AvgIpc) is 3.20. The summed E-state index contributed by atoms with van der Waals surface area (Å²) in [5.74, 6) is 1.74. The van der Waals surface area contributed by atoms with Crippen LogP contribution in [-0.4, -0.2) is 47.1 Å². The molecule has 3 rings (SSSR count). The summed E-state index contributed by atoms with van der Waals surface area (Å²) < 4.78 is 17.4. The molecule has 1 aromatic carbocycles. The standard InChI is InChI=1S/C23H30N6O5/c1-12-13(2)24-21(27-20(12)30)29-18(11-17(28-29)23(3,4)5)26-22(31)25-14-9-15(32-6)19(34-8)16(10-14)33-7/h9-11H,1-8H3,(H,24,27,30)(H2,25,26,31). The van der Waals surface area contributed by atoms with Gasteiger partial charge in [-0.25, -0.2) is 9.78 Å². The smallest absolute Gasteiger partial charge is 0.324 e. The lowest BCUT2D eigenvalue weighted by molar-refractivity contribution is 0.262. The molecule has 0 bridgehead atoms. The van der Waals surface area contributed by atoms with Crippen molar-refractivity contribution in [2.24, 2.45) is 0 Å². The maximum absolute atomic E-state index is 12.9. The van der Waals surface area contributed by atoms with E-state index >= 15 is 0 Å². The van der Waals surface area contributed by atoms with Crippen LogP contribution in [0.5, 0.6) is 17.2 Å². The van der Waals surface area contributed by atoms with E-state index in [0.717, 1.165) is 0 Å². The van der Waals surface area contributed by atoms with Gasteiger partial charge in [0, 0.05) is 34.9 Å². The number of urea groups is 1. The Morgan fingerprint density at radius 3 is 2.12 bits per heavy atom. The number of amides is 2. The number of aryl methyl sites for hydroxylation is 1. The van der Waals surface area contributed by atoms with Crippen LogP contribution in [0.15, 0.2) is 23.0 Å². The first-order valence-corrected chi connectivity index (χ1v) is 10.5. The van der Waals surface area contributed by atoms with Crippen LogP contribution >= 0.6 is 0 Å². The fraction of sp³-hybridized carbons (Fsp3) is 0.391. The Hall–Kier alpha value is -4.02. The molecule has 0 spiro atoms. The molecular weight excluding hydrogens is 440 g/mol. The molecule has 0 atom stereocenters. The van der Waals surface area contributed by atoms with Gasteiger partial charge in [-0.2, -0.15) is 9.78 Å². The summed E-state index contributed by atoms with van der Waals surface area (Å²) >= 11 is 0. The molecule has 0 saturated carbocycles. The highest BCUT2D eigenvalue weighted by atomic mass is 16.5. The lowest BCUT2D eigenvalue weighted by Crippen LogP contribution is -2.23. The van der Waals surface area contributed by atoms with E-state index in [4.69, 9.17) is 14.2 Å². The summed E-state index contributed by atoms with van der Waals surface area (Å²) in [6.07, 6.45) is 0. The van der Waals surface area contributed by atoms with Crippen LogP contribution in [0.2, 0.25) is 0 Å². The lowest BCUT2D eigenvalue weighted by Gasteiger charge is -2.15. The number of nitrogens with one attached hydrogen (secondary N) is 3. The Balaban J connectivity index is 1.97. The number of hydrogen-bond donors (Lipinski definition) is 3.